The predicted molar refractivity (Wildman–Crippen MR) is 151 cm³/mol. The molecule has 194 valence electrons. The van der Waals surface area contributed by atoms with Gasteiger partial charge in [-0.1, -0.05) is 74.5 Å². The van der Waals surface area contributed by atoms with Crippen molar-refractivity contribution >= 4 is 11.2 Å². The molecule has 0 unspecified atom stereocenters. The summed E-state index contributed by atoms with van der Waals surface area (Å²) in [7, 11) is 0. The lowest BCUT2D eigenvalue weighted by molar-refractivity contribution is 0.306. The van der Waals surface area contributed by atoms with Crippen LogP contribution < -0.4 is 16.0 Å². The van der Waals surface area contributed by atoms with E-state index < -0.39 is 0 Å². The minimum absolute atomic E-state index is 0.295. The zero-order chi connectivity index (χ0) is 26.5. The van der Waals surface area contributed by atoms with Gasteiger partial charge < -0.3 is 9.30 Å². The maximum Gasteiger partial charge on any atom is 0.332 e. The number of hydrogen-bond acceptors (Lipinski definition) is 4. The molecule has 0 atom stereocenters. The summed E-state index contributed by atoms with van der Waals surface area (Å²) in [4.78, 5) is 31.9. The zero-order valence-electron chi connectivity index (χ0n) is 21.8. The van der Waals surface area contributed by atoms with Crippen LogP contribution in [0.1, 0.15) is 37.8 Å². The minimum atomic E-state index is -0.299. The molecule has 0 saturated carbocycles. The van der Waals surface area contributed by atoms with E-state index in [1.165, 1.54) is 4.57 Å². The highest BCUT2D eigenvalue weighted by Gasteiger charge is 2.22. The van der Waals surface area contributed by atoms with Crippen LogP contribution in [-0.4, -0.2) is 18.7 Å². The van der Waals surface area contributed by atoms with Crippen LogP contribution in [0.5, 0.6) is 5.75 Å². The second-order valence-electron chi connectivity index (χ2n) is 9.37. The third kappa shape index (κ3) is 5.05. The van der Waals surface area contributed by atoms with Crippen molar-refractivity contribution in [2.24, 2.45) is 0 Å². The van der Waals surface area contributed by atoms with Crippen LogP contribution in [-0.2, 0) is 26.2 Å². The van der Waals surface area contributed by atoms with E-state index in [0.717, 1.165) is 28.9 Å². The number of hydrogen-bond donors (Lipinski definition) is 0. The lowest BCUT2D eigenvalue weighted by Crippen LogP contribution is -2.40. The monoisotopic (exact) mass is 508 g/mol. The molecule has 5 aromatic rings. The fourth-order valence-electron chi connectivity index (χ4n) is 4.72. The molecular weight excluding hydrogens is 476 g/mol. The molecule has 2 aromatic heterocycles. The summed E-state index contributed by atoms with van der Waals surface area (Å²) in [6, 6.07) is 27.8. The average Bonchev–Trinajstić information content (AvgIpc) is 3.32. The van der Waals surface area contributed by atoms with E-state index in [1.54, 1.807) is 4.57 Å². The van der Waals surface area contributed by atoms with Gasteiger partial charge in [-0.2, -0.15) is 0 Å². The average molecular weight is 509 g/mol. The molecule has 38 heavy (non-hydrogen) atoms. The standard InChI is InChI=1S/C31H32N4O3/c1-3-19-33-29-27(30(36)34(20-4-2)31(33)37)35(21-23-11-7-5-8-12-23)28(32-29)25-15-17-26(18-16-25)38-22-24-13-9-6-10-14-24/h5-18H,3-4,19-22H2,1-2H3. The summed E-state index contributed by atoms with van der Waals surface area (Å²) >= 11 is 0. The molecule has 0 aliphatic heterocycles. The molecular formula is C31H32N4O3. The topological polar surface area (TPSA) is 71.1 Å². The molecule has 0 saturated heterocycles. The van der Waals surface area contributed by atoms with Crippen LogP contribution in [0, 0.1) is 0 Å². The van der Waals surface area contributed by atoms with E-state index >= 15 is 0 Å². The lowest BCUT2D eigenvalue weighted by atomic mass is 10.2. The van der Waals surface area contributed by atoms with Crippen LogP contribution in [0.4, 0.5) is 0 Å². The van der Waals surface area contributed by atoms with Gasteiger partial charge in [0.15, 0.2) is 11.2 Å². The zero-order valence-corrected chi connectivity index (χ0v) is 21.8. The Morgan fingerprint density at radius 1 is 0.711 bits per heavy atom. The van der Waals surface area contributed by atoms with Gasteiger partial charge in [0.05, 0.1) is 0 Å². The first-order valence-electron chi connectivity index (χ1n) is 13.2. The number of ether oxygens (including phenoxy) is 1. The van der Waals surface area contributed by atoms with Gasteiger partial charge in [0.25, 0.3) is 5.56 Å². The Morgan fingerprint density at radius 2 is 1.32 bits per heavy atom. The number of aryl methyl sites for hydroxylation is 1. The van der Waals surface area contributed by atoms with Crippen molar-refractivity contribution in [2.75, 3.05) is 0 Å². The molecule has 0 aliphatic carbocycles. The molecule has 0 fully saturated rings. The Bertz CT molecular complexity index is 1630. The first kappa shape index (κ1) is 25.3. The van der Waals surface area contributed by atoms with E-state index in [2.05, 4.69) is 0 Å². The van der Waals surface area contributed by atoms with Crippen LogP contribution in [0.2, 0.25) is 0 Å². The molecule has 0 N–H and O–H groups in total. The van der Waals surface area contributed by atoms with Crippen LogP contribution in [0.25, 0.3) is 22.6 Å². The van der Waals surface area contributed by atoms with Crippen molar-refractivity contribution in [3.63, 3.8) is 0 Å². The summed E-state index contributed by atoms with van der Waals surface area (Å²) in [6.45, 7) is 5.79. The normalized spacial score (nSPS) is 11.2. The largest absolute Gasteiger partial charge is 0.489 e. The molecule has 2 heterocycles. The Labute approximate surface area is 221 Å². The molecule has 0 bridgehead atoms. The molecule has 0 aliphatic rings. The van der Waals surface area contributed by atoms with E-state index in [9.17, 15) is 9.59 Å². The quantitative estimate of drug-likeness (QED) is 0.251. The molecule has 7 nitrogen and oxygen atoms in total. The first-order chi connectivity index (χ1) is 18.6. The number of fused-ring (bicyclic) bond motifs is 1. The predicted octanol–water partition coefficient (Wildman–Crippen LogP) is 5.47. The maximum atomic E-state index is 13.7. The molecule has 7 heteroatoms. The third-order valence-corrected chi connectivity index (χ3v) is 6.55. The summed E-state index contributed by atoms with van der Waals surface area (Å²) in [5.41, 5.74) is 3.29. The Hall–Kier alpha value is -4.39. The van der Waals surface area contributed by atoms with Gasteiger partial charge >= 0.3 is 5.69 Å². The minimum Gasteiger partial charge on any atom is -0.489 e. The fourth-order valence-corrected chi connectivity index (χ4v) is 4.72. The molecule has 0 spiro atoms. The molecule has 5 rings (SSSR count). The van der Waals surface area contributed by atoms with Gasteiger partial charge in [-0.15, -0.1) is 0 Å². The molecule has 0 radical (unpaired) electrons. The van der Waals surface area contributed by atoms with Crippen molar-refractivity contribution in [3.05, 3.63) is 117 Å². The van der Waals surface area contributed by atoms with Crippen molar-refractivity contribution in [1.29, 1.82) is 0 Å². The van der Waals surface area contributed by atoms with Gasteiger partial charge in [0, 0.05) is 25.2 Å². The Kier molecular flexibility index (Phi) is 7.54. The van der Waals surface area contributed by atoms with Crippen LogP contribution in [0.3, 0.4) is 0 Å². The van der Waals surface area contributed by atoms with Crippen molar-refractivity contribution < 1.29 is 4.74 Å². The second kappa shape index (κ2) is 11.3. The molecule has 3 aromatic carbocycles. The van der Waals surface area contributed by atoms with Crippen molar-refractivity contribution in [1.82, 2.24) is 18.7 Å². The number of rotatable bonds is 10. The van der Waals surface area contributed by atoms with E-state index in [0.29, 0.717) is 49.7 Å². The lowest BCUT2D eigenvalue weighted by Gasteiger charge is -2.12. The SMILES string of the molecule is CCCn1c(=O)c2c(nc(-c3ccc(OCc4ccccc4)cc3)n2Cc2ccccc2)n(CCC)c1=O. The van der Waals surface area contributed by atoms with Crippen LogP contribution in [0.15, 0.2) is 94.5 Å². The highest BCUT2D eigenvalue weighted by Crippen LogP contribution is 2.26. The fraction of sp³-hybridized carbons (Fsp3) is 0.258. The van der Waals surface area contributed by atoms with Crippen LogP contribution >= 0.6 is 0 Å². The molecule has 0 amide bonds. The Morgan fingerprint density at radius 3 is 1.95 bits per heavy atom. The summed E-state index contributed by atoms with van der Waals surface area (Å²) in [5.74, 6) is 1.39. The van der Waals surface area contributed by atoms with Crippen molar-refractivity contribution in [2.45, 2.75) is 52.9 Å². The summed E-state index contributed by atoms with van der Waals surface area (Å²) in [5, 5.41) is 0. The second-order valence-corrected chi connectivity index (χ2v) is 9.37. The summed E-state index contributed by atoms with van der Waals surface area (Å²) in [6.07, 6.45) is 1.45. The smallest absolute Gasteiger partial charge is 0.332 e. The summed E-state index contributed by atoms with van der Waals surface area (Å²) < 4.78 is 10.9. The maximum absolute atomic E-state index is 13.7. The van der Waals surface area contributed by atoms with E-state index in [1.807, 2.05) is 103 Å². The number of imidazole rings is 1. The first-order valence-corrected chi connectivity index (χ1v) is 13.2. The van der Waals surface area contributed by atoms with Gasteiger partial charge in [-0.3, -0.25) is 13.9 Å². The van der Waals surface area contributed by atoms with Gasteiger partial charge in [-0.25, -0.2) is 9.78 Å². The number of aromatic nitrogens is 4. The number of benzene rings is 3. The highest BCUT2D eigenvalue weighted by atomic mass is 16.5. The third-order valence-electron chi connectivity index (χ3n) is 6.55. The van der Waals surface area contributed by atoms with Crippen molar-refractivity contribution in [3.8, 4) is 17.1 Å². The van der Waals surface area contributed by atoms with E-state index in [4.69, 9.17) is 9.72 Å². The van der Waals surface area contributed by atoms with Gasteiger partial charge in [0.2, 0.25) is 0 Å². The van der Waals surface area contributed by atoms with Gasteiger partial charge in [0.1, 0.15) is 18.2 Å². The van der Waals surface area contributed by atoms with E-state index in [-0.39, 0.29) is 11.2 Å². The number of nitrogens with zero attached hydrogens (tertiary/aromatic N) is 4. The highest BCUT2D eigenvalue weighted by molar-refractivity contribution is 5.77. The van der Waals surface area contributed by atoms with Gasteiger partial charge in [-0.05, 0) is 48.2 Å². The Balaban J connectivity index is 1.63.